The molecule has 0 aromatic heterocycles. The molecule has 2 rings (SSSR count). The van der Waals surface area contributed by atoms with Gasteiger partial charge in [-0.2, -0.15) is 0 Å². The summed E-state index contributed by atoms with van der Waals surface area (Å²) in [5.41, 5.74) is 1.36. The molecule has 1 aromatic carbocycles. The molecule has 20 heavy (non-hydrogen) atoms. The molecule has 1 N–H and O–H groups in total. The Morgan fingerprint density at radius 1 is 1.40 bits per heavy atom. The fourth-order valence-electron chi connectivity index (χ4n) is 2.82. The second-order valence-corrected chi connectivity index (χ2v) is 5.57. The van der Waals surface area contributed by atoms with E-state index in [1.807, 2.05) is 0 Å². The summed E-state index contributed by atoms with van der Waals surface area (Å²) in [6, 6.07) is 5.37. The summed E-state index contributed by atoms with van der Waals surface area (Å²) in [6.07, 6.45) is 3.80. The summed E-state index contributed by atoms with van der Waals surface area (Å²) >= 11 is 0. The molecule has 2 atom stereocenters. The van der Waals surface area contributed by atoms with Crippen LogP contribution >= 0.6 is 0 Å². The minimum Gasteiger partial charge on any atom is -0.389 e. The summed E-state index contributed by atoms with van der Waals surface area (Å²) in [5.74, 6) is 0. The minimum absolute atomic E-state index is 0.0946. The van der Waals surface area contributed by atoms with E-state index < -0.39 is 6.10 Å². The Kier molecular flexibility index (Phi) is 4.60. The first kappa shape index (κ1) is 14.8. The molecule has 0 aliphatic carbocycles. The number of rotatable bonds is 3. The van der Waals surface area contributed by atoms with Gasteiger partial charge in [0.25, 0.3) is 5.69 Å². The van der Waals surface area contributed by atoms with Crippen molar-refractivity contribution in [3.05, 3.63) is 33.9 Å². The van der Waals surface area contributed by atoms with Crippen LogP contribution in [0.2, 0.25) is 0 Å². The first-order chi connectivity index (χ1) is 9.50. The predicted molar refractivity (Wildman–Crippen MR) is 79.0 cm³/mol. The number of anilines is 1. The van der Waals surface area contributed by atoms with Crippen molar-refractivity contribution in [2.24, 2.45) is 0 Å². The lowest BCUT2D eigenvalue weighted by Crippen LogP contribution is -2.33. The normalized spacial score (nSPS) is 21.4. The summed E-state index contributed by atoms with van der Waals surface area (Å²) in [5, 5.41) is 20.9. The van der Waals surface area contributed by atoms with Gasteiger partial charge in [0, 0.05) is 18.7 Å². The molecular formula is C15H22N2O3. The second kappa shape index (κ2) is 6.22. The average molecular weight is 278 g/mol. The zero-order chi connectivity index (χ0) is 14.7. The molecular weight excluding hydrogens is 256 g/mol. The van der Waals surface area contributed by atoms with E-state index in [0.29, 0.717) is 17.3 Å². The van der Waals surface area contributed by atoms with Crippen LogP contribution < -0.4 is 4.90 Å². The molecule has 1 aliphatic rings. The van der Waals surface area contributed by atoms with E-state index in [-0.39, 0.29) is 10.6 Å². The highest BCUT2D eigenvalue weighted by molar-refractivity contribution is 5.65. The number of benzene rings is 1. The minimum atomic E-state index is -0.690. The van der Waals surface area contributed by atoms with Gasteiger partial charge < -0.3 is 10.0 Å². The largest absolute Gasteiger partial charge is 0.389 e. The van der Waals surface area contributed by atoms with Gasteiger partial charge in [-0.15, -0.1) is 0 Å². The summed E-state index contributed by atoms with van der Waals surface area (Å²) in [4.78, 5) is 13.1. The third-order valence-corrected chi connectivity index (χ3v) is 4.04. The van der Waals surface area contributed by atoms with E-state index in [9.17, 15) is 15.2 Å². The van der Waals surface area contributed by atoms with E-state index in [4.69, 9.17) is 0 Å². The van der Waals surface area contributed by atoms with Crippen LogP contribution in [0.4, 0.5) is 11.4 Å². The smallest absolute Gasteiger partial charge is 0.292 e. The molecule has 0 spiro atoms. The number of aliphatic hydroxyl groups is 1. The fourth-order valence-corrected chi connectivity index (χ4v) is 2.82. The van der Waals surface area contributed by atoms with Crippen LogP contribution in [0, 0.1) is 10.1 Å². The SMILES string of the molecule is CC(O)c1ccc(N2CCCCCC2C)c([N+](=O)[O-])c1. The van der Waals surface area contributed by atoms with E-state index in [1.54, 1.807) is 19.1 Å². The molecule has 5 nitrogen and oxygen atoms in total. The molecule has 0 amide bonds. The highest BCUT2D eigenvalue weighted by atomic mass is 16.6. The lowest BCUT2D eigenvalue weighted by Gasteiger charge is -2.29. The zero-order valence-electron chi connectivity index (χ0n) is 12.1. The Labute approximate surface area is 119 Å². The highest BCUT2D eigenvalue weighted by Gasteiger charge is 2.25. The Bertz CT molecular complexity index is 488. The van der Waals surface area contributed by atoms with Gasteiger partial charge in [-0.3, -0.25) is 10.1 Å². The van der Waals surface area contributed by atoms with E-state index in [2.05, 4.69) is 11.8 Å². The van der Waals surface area contributed by atoms with Crippen LogP contribution in [0.15, 0.2) is 18.2 Å². The third-order valence-electron chi connectivity index (χ3n) is 4.04. The van der Waals surface area contributed by atoms with Gasteiger partial charge in [-0.25, -0.2) is 0 Å². The lowest BCUT2D eigenvalue weighted by atomic mass is 10.1. The number of hydrogen-bond donors (Lipinski definition) is 1. The van der Waals surface area contributed by atoms with Crippen molar-refractivity contribution in [1.82, 2.24) is 0 Å². The lowest BCUT2D eigenvalue weighted by molar-refractivity contribution is -0.384. The molecule has 1 heterocycles. The molecule has 1 fully saturated rings. The average Bonchev–Trinajstić information content (AvgIpc) is 2.62. The number of nitro benzene ring substituents is 1. The molecule has 1 aromatic rings. The zero-order valence-corrected chi connectivity index (χ0v) is 12.1. The first-order valence-corrected chi connectivity index (χ1v) is 7.23. The third kappa shape index (κ3) is 3.10. The van der Waals surface area contributed by atoms with Gasteiger partial charge in [0.05, 0.1) is 11.0 Å². The quantitative estimate of drug-likeness (QED) is 0.679. The summed E-state index contributed by atoms with van der Waals surface area (Å²) in [6.45, 7) is 4.60. The fraction of sp³-hybridized carbons (Fsp3) is 0.600. The van der Waals surface area contributed by atoms with Crippen molar-refractivity contribution in [3.63, 3.8) is 0 Å². The summed E-state index contributed by atoms with van der Waals surface area (Å²) < 4.78 is 0. The predicted octanol–water partition coefficient (Wildman–Crippen LogP) is 3.42. The van der Waals surface area contributed by atoms with E-state index >= 15 is 0 Å². The van der Waals surface area contributed by atoms with E-state index in [0.717, 1.165) is 19.4 Å². The standard InChI is InChI=1S/C15H22N2O3/c1-11-6-4-3-5-9-16(11)14-8-7-13(12(2)18)10-15(14)17(19)20/h7-8,10-12,18H,3-6,9H2,1-2H3. The van der Waals surface area contributed by atoms with Crippen LogP contribution in [0.3, 0.4) is 0 Å². The Balaban J connectivity index is 2.41. The number of hydrogen-bond acceptors (Lipinski definition) is 4. The van der Waals surface area contributed by atoms with Gasteiger partial charge in [0.15, 0.2) is 0 Å². The van der Waals surface area contributed by atoms with Gasteiger partial charge in [-0.1, -0.05) is 18.9 Å². The maximum Gasteiger partial charge on any atom is 0.292 e. The first-order valence-electron chi connectivity index (χ1n) is 7.23. The van der Waals surface area contributed by atoms with Crippen molar-refractivity contribution in [2.45, 2.75) is 51.7 Å². The van der Waals surface area contributed by atoms with Gasteiger partial charge in [0.1, 0.15) is 5.69 Å². The number of nitro groups is 1. The topological polar surface area (TPSA) is 66.6 Å². The monoisotopic (exact) mass is 278 g/mol. The maximum absolute atomic E-state index is 11.3. The molecule has 2 unspecified atom stereocenters. The molecule has 110 valence electrons. The number of nitrogens with zero attached hydrogens (tertiary/aromatic N) is 2. The van der Waals surface area contributed by atoms with Crippen LogP contribution in [-0.4, -0.2) is 22.6 Å². The van der Waals surface area contributed by atoms with Crippen LogP contribution in [0.5, 0.6) is 0 Å². The van der Waals surface area contributed by atoms with Crippen molar-refractivity contribution < 1.29 is 10.0 Å². The molecule has 5 heteroatoms. The molecule has 0 bridgehead atoms. The molecule has 0 saturated carbocycles. The van der Waals surface area contributed by atoms with Crippen LogP contribution in [0.1, 0.15) is 51.2 Å². The Hall–Kier alpha value is -1.62. The molecule has 1 aliphatic heterocycles. The van der Waals surface area contributed by atoms with Crippen LogP contribution in [-0.2, 0) is 0 Å². The van der Waals surface area contributed by atoms with Crippen LogP contribution in [0.25, 0.3) is 0 Å². The van der Waals surface area contributed by atoms with Crippen molar-refractivity contribution in [3.8, 4) is 0 Å². The van der Waals surface area contributed by atoms with E-state index in [1.165, 1.54) is 18.9 Å². The molecule has 0 radical (unpaired) electrons. The van der Waals surface area contributed by atoms with Crippen molar-refractivity contribution in [1.29, 1.82) is 0 Å². The van der Waals surface area contributed by atoms with Crippen molar-refractivity contribution in [2.75, 3.05) is 11.4 Å². The second-order valence-electron chi connectivity index (χ2n) is 5.57. The van der Waals surface area contributed by atoms with Gasteiger partial charge in [0.2, 0.25) is 0 Å². The van der Waals surface area contributed by atoms with Gasteiger partial charge in [-0.05, 0) is 38.3 Å². The maximum atomic E-state index is 11.3. The summed E-state index contributed by atoms with van der Waals surface area (Å²) in [7, 11) is 0. The molecule has 1 saturated heterocycles. The highest BCUT2D eigenvalue weighted by Crippen LogP contribution is 2.34. The number of aliphatic hydroxyl groups excluding tert-OH is 1. The Morgan fingerprint density at radius 2 is 2.15 bits per heavy atom. The Morgan fingerprint density at radius 3 is 2.80 bits per heavy atom. The van der Waals surface area contributed by atoms with Crippen molar-refractivity contribution >= 4 is 11.4 Å². The van der Waals surface area contributed by atoms with Gasteiger partial charge >= 0.3 is 0 Å².